The SMILES string of the molecule is CCC(C)(C)c1nnc(NC(=O)c2ccc(NC(=O)c3ccccc3)cc2)s1. The smallest absolute Gasteiger partial charge is 0.257 e. The van der Waals surface area contributed by atoms with Gasteiger partial charge in [-0.05, 0) is 42.8 Å². The standard InChI is InChI=1S/C21H22N4O2S/c1-4-21(2,3)19-24-25-20(28-19)23-18(27)15-10-12-16(13-11-15)22-17(26)14-8-6-5-7-9-14/h5-13H,4H2,1-3H3,(H,22,26)(H,23,25,27). The van der Waals surface area contributed by atoms with E-state index < -0.39 is 0 Å². The third-order valence-corrected chi connectivity index (χ3v) is 5.75. The van der Waals surface area contributed by atoms with Crippen LogP contribution in [0.5, 0.6) is 0 Å². The van der Waals surface area contributed by atoms with Crippen molar-refractivity contribution in [3.63, 3.8) is 0 Å². The fourth-order valence-corrected chi connectivity index (χ4v) is 3.28. The Kier molecular flexibility index (Phi) is 5.84. The molecule has 0 unspecified atom stereocenters. The molecule has 0 aliphatic rings. The lowest BCUT2D eigenvalue weighted by Gasteiger charge is -2.17. The summed E-state index contributed by atoms with van der Waals surface area (Å²) >= 11 is 1.39. The predicted octanol–water partition coefficient (Wildman–Crippen LogP) is 4.73. The molecule has 28 heavy (non-hydrogen) atoms. The molecule has 0 aliphatic heterocycles. The van der Waals surface area contributed by atoms with Gasteiger partial charge in [0.05, 0.1) is 0 Å². The second-order valence-electron chi connectivity index (χ2n) is 7.00. The molecule has 2 aromatic carbocycles. The van der Waals surface area contributed by atoms with Crippen LogP contribution in [-0.2, 0) is 5.41 Å². The summed E-state index contributed by atoms with van der Waals surface area (Å²) in [5, 5.41) is 15.2. The van der Waals surface area contributed by atoms with Gasteiger partial charge in [-0.1, -0.05) is 50.3 Å². The van der Waals surface area contributed by atoms with Crippen LogP contribution < -0.4 is 10.6 Å². The first-order chi connectivity index (χ1) is 13.4. The molecule has 0 saturated carbocycles. The van der Waals surface area contributed by atoms with Crippen molar-refractivity contribution in [2.75, 3.05) is 10.6 Å². The predicted molar refractivity (Wildman–Crippen MR) is 112 cm³/mol. The number of carbonyl (C=O) groups is 2. The minimum absolute atomic E-state index is 0.0702. The molecule has 1 aromatic heterocycles. The molecule has 3 rings (SSSR count). The normalized spacial score (nSPS) is 11.1. The molecular formula is C21H22N4O2S. The maximum Gasteiger partial charge on any atom is 0.257 e. The summed E-state index contributed by atoms with van der Waals surface area (Å²) in [6.07, 6.45) is 0.936. The maximum atomic E-state index is 12.4. The molecule has 0 atom stereocenters. The van der Waals surface area contributed by atoms with Crippen LogP contribution in [0.1, 0.15) is 52.9 Å². The Hall–Kier alpha value is -3.06. The summed E-state index contributed by atoms with van der Waals surface area (Å²) in [4.78, 5) is 24.6. The van der Waals surface area contributed by atoms with Crippen LogP contribution in [0.15, 0.2) is 54.6 Å². The molecule has 7 heteroatoms. The van der Waals surface area contributed by atoms with E-state index in [9.17, 15) is 9.59 Å². The molecule has 0 spiro atoms. The van der Waals surface area contributed by atoms with E-state index in [1.54, 1.807) is 36.4 Å². The monoisotopic (exact) mass is 394 g/mol. The summed E-state index contributed by atoms with van der Waals surface area (Å²) in [6.45, 7) is 6.29. The lowest BCUT2D eigenvalue weighted by atomic mass is 9.91. The number of nitrogens with one attached hydrogen (secondary N) is 2. The van der Waals surface area contributed by atoms with E-state index in [0.717, 1.165) is 11.4 Å². The highest BCUT2D eigenvalue weighted by Gasteiger charge is 2.23. The van der Waals surface area contributed by atoms with Crippen LogP contribution in [0.2, 0.25) is 0 Å². The van der Waals surface area contributed by atoms with E-state index in [1.807, 2.05) is 18.2 Å². The minimum atomic E-state index is -0.266. The molecule has 3 aromatic rings. The molecule has 0 bridgehead atoms. The fraction of sp³-hybridized carbons (Fsp3) is 0.238. The van der Waals surface area contributed by atoms with Gasteiger partial charge in [-0.25, -0.2) is 0 Å². The van der Waals surface area contributed by atoms with E-state index >= 15 is 0 Å². The first-order valence-electron chi connectivity index (χ1n) is 9.01. The number of carbonyl (C=O) groups excluding carboxylic acids is 2. The number of anilines is 2. The Morgan fingerprint density at radius 3 is 2.14 bits per heavy atom. The summed E-state index contributed by atoms with van der Waals surface area (Å²) in [5.41, 5.74) is 1.60. The lowest BCUT2D eigenvalue weighted by Crippen LogP contribution is -2.14. The van der Waals surface area contributed by atoms with Crippen LogP contribution in [0.25, 0.3) is 0 Å². The zero-order valence-electron chi connectivity index (χ0n) is 16.0. The molecule has 2 N–H and O–H groups in total. The number of benzene rings is 2. The van der Waals surface area contributed by atoms with E-state index in [4.69, 9.17) is 0 Å². The molecule has 1 heterocycles. The Balaban J connectivity index is 1.63. The van der Waals surface area contributed by atoms with Crippen LogP contribution in [0, 0.1) is 0 Å². The van der Waals surface area contributed by atoms with Crippen molar-refractivity contribution in [2.45, 2.75) is 32.6 Å². The number of hydrogen-bond acceptors (Lipinski definition) is 5. The van der Waals surface area contributed by atoms with Gasteiger partial charge in [-0.3, -0.25) is 14.9 Å². The average Bonchev–Trinajstić information content (AvgIpc) is 3.18. The number of aromatic nitrogens is 2. The number of nitrogens with zero attached hydrogens (tertiary/aromatic N) is 2. The highest BCUT2D eigenvalue weighted by atomic mass is 32.1. The van der Waals surface area contributed by atoms with Crippen molar-refractivity contribution in [1.29, 1.82) is 0 Å². The summed E-state index contributed by atoms with van der Waals surface area (Å²) in [6, 6.07) is 15.7. The second-order valence-corrected chi connectivity index (χ2v) is 7.98. The van der Waals surface area contributed by atoms with Gasteiger partial charge in [0, 0.05) is 22.2 Å². The summed E-state index contributed by atoms with van der Waals surface area (Å²) in [7, 11) is 0. The number of hydrogen-bond donors (Lipinski definition) is 2. The topological polar surface area (TPSA) is 84.0 Å². The van der Waals surface area contributed by atoms with Crippen LogP contribution in [-0.4, -0.2) is 22.0 Å². The molecule has 0 fully saturated rings. The maximum absolute atomic E-state index is 12.4. The molecule has 0 aliphatic carbocycles. The Bertz CT molecular complexity index is 966. The molecule has 0 radical (unpaired) electrons. The van der Waals surface area contributed by atoms with E-state index in [2.05, 4.69) is 41.6 Å². The molecular weight excluding hydrogens is 372 g/mol. The van der Waals surface area contributed by atoms with Crippen molar-refractivity contribution in [1.82, 2.24) is 10.2 Å². The molecule has 6 nitrogen and oxygen atoms in total. The van der Waals surface area contributed by atoms with Gasteiger partial charge in [0.2, 0.25) is 5.13 Å². The minimum Gasteiger partial charge on any atom is -0.322 e. The average molecular weight is 395 g/mol. The Labute approximate surface area is 168 Å². The largest absolute Gasteiger partial charge is 0.322 e. The van der Waals surface area contributed by atoms with Gasteiger partial charge in [-0.2, -0.15) is 0 Å². The van der Waals surface area contributed by atoms with E-state index in [-0.39, 0.29) is 17.2 Å². The fourth-order valence-electron chi connectivity index (χ4n) is 2.37. The van der Waals surface area contributed by atoms with Crippen molar-refractivity contribution < 1.29 is 9.59 Å². The van der Waals surface area contributed by atoms with Gasteiger partial charge in [0.1, 0.15) is 5.01 Å². The quantitative estimate of drug-likeness (QED) is 0.633. The third-order valence-electron chi connectivity index (χ3n) is 4.55. The van der Waals surface area contributed by atoms with Gasteiger partial charge >= 0.3 is 0 Å². The zero-order valence-corrected chi connectivity index (χ0v) is 16.8. The van der Waals surface area contributed by atoms with Gasteiger partial charge in [0.25, 0.3) is 11.8 Å². The number of rotatable bonds is 6. The molecule has 144 valence electrons. The number of amides is 2. The highest BCUT2D eigenvalue weighted by molar-refractivity contribution is 7.15. The van der Waals surface area contributed by atoms with Crippen molar-refractivity contribution in [2.24, 2.45) is 0 Å². The van der Waals surface area contributed by atoms with Gasteiger partial charge < -0.3 is 5.32 Å². The van der Waals surface area contributed by atoms with Crippen molar-refractivity contribution in [3.8, 4) is 0 Å². The summed E-state index contributed by atoms with van der Waals surface area (Å²) < 4.78 is 0. The van der Waals surface area contributed by atoms with Crippen molar-refractivity contribution in [3.05, 3.63) is 70.7 Å². The second kappa shape index (κ2) is 8.31. The van der Waals surface area contributed by atoms with Crippen LogP contribution in [0.3, 0.4) is 0 Å². The Morgan fingerprint density at radius 1 is 0.893 bits per heavy atom. The Morgan fingerprint density at radius 2 is 1.50 bits per heavy atom. The van der Waals surface area contributed by atoms with E-state index in [1.165, 1.54) is 11.3 Å². The lowest BCUT2D eigenvalue weighted by molar-refractivity contribution is 0.102. The van der Waals surface area contributed by atoms with Crippen molar-refractivity contribution >= 4 is 34.0 Å². The highest BCUT2D eigenvalue weighted by Crippen LogP contribution is 2.31. The zero-order chi connectivity index (χ0) is 20.1. The first kappa shape index (κ1) is 19.7. The van der Waals surface area contributed by atoms with Gasteiger partial charge in [0.15, 0.2) is 0 Å². The van der Waals surface area contributed by atoms with E-state index in [0.29, 0.717) is 21.9 Å². The van der Waals surface area contributed by atoms with Crippen LogP contribution >= 0.6 is 11.3 Å². The van der Waals surface area contributed by atoms with Crippen LogP contribution in [0.4, 0.5) is 10.8 Å². The summed E-state index contributed by atoms with van der Waals surface area (Å²) in [5.74, 6) is -0.462. The molecule has 2 amide bonds. The third kappa shape index (κ3) is 4.61. The van der Waals surface area contributed by atoms with Gasteiger partial charge in [-0.15, -0.1) is 10.2 Å². The first-order valence-corrected chi connectivity index (χ1v) is 9.82. The molecule has 0 saturated heterocycles.